The summed E-state index contributed by atoms with van der Waals surface area (Å²) in [6.45, 7) is 3.32. The van der Waals surface area contributed by atoms with Crippen LogP contribution in [-0.4, -0.2) is 39.9 Å². The quantitative estimate of drug-likeness (QED) is 0.711. The fourth-order valence-corrected chi connectivity index (χ4v) is 1.80. The Kier molecular flexibility index (Phi) is 5.08. The van der Waals surface area contributed by atoms with E-state index in [2.05, 4.69) is 37.4 Å². The second-order valence-electron chi connectivity index (χ2n) is 3.15. The first kappa shape index (κ1) is 10.7. The predicted octanol–water partition coefficient (Wildman–Crippen LogP) is 1.60. The highest BCUT2D eigenvalue weighted by Crippen LogP contribution is 1.94. The Bertz CT molecular complexity index is 211. The average molecular weight is 246 g/mol. The van der Waals surface area contributed by atoms with E-state index in [4.69, 9.17) is 0 Å². The summed E-state index contributed by atoms with van der Waals surface area (Å²) in [5, 5.41) is 1.05. The summed E-state index contributed by atoms with van der Waals surface area (Å²) in [6, 6.07) is 0. The summed E-state index contributed by atoms with van der Waals surface area (Å²) in [7, 11) is 2.15. The predicted molar refractivity (Wildman–Crippen MR) is 58.1 cm³/mol. The maximum Gasteiger partial charge on any atom is 0.0945 e. The van der Waals surface area contributed by atoms with Crippen LogP contribution >= 0.6 is 15.9 Å². The first-order valence-corrected chi connectivity index (χ1v) is 5.65. The number of halogens is 1. The normalized spacial score (nSPS) is 11.0. The van der Waals surface area contributed by atoms with Crippen molar-refractivity contribution in [2.75, 3.05) is 25.5 Å². The lowest BCUT2D eigenvalue weighted by Crippen LogP contribution is -2.22. The summed E-state index contributed by atoms with van der Waals surface area (Å²) in [6.07, 6.45) is 6.87. The number of nitrogens with zero attached hydrogens (tertiary/aromatic N) is 3. The molecule has 0 atom stereocenters. The number of aryl methyl sites for hydroxylation is 1. The Morgan fingerprint density at radius 2 is 2.31 bits per heavy atom. The highest BCUT2D eigenvalue weighted by molar-refractivity contribution is 9.09. The van der Waals surface area contributed by atoms with Crippen molar-refractivity contribution in [2.45, 2.75) is 13.0 Å². The highest BCUT2D eigenvalue weighted by Gasteiger charge is 1.96. The van der Waals surface area contributed by atoms with E-state index in [9.17, 15) is 0 Å². The van der Waals surface area contributed by atoms with Crippen LogP contribution in [0, 0.1) is 0 Å². The van der Waals surface area contributed by atoms with Gasteiger partial charge in [0.2, 0.25) is 0 Å². The Morgan fingerprint density at radius 1 is 1.46 bits per heavy atom. The van der Waals surface area contributed by atoms with Crippen molar-refractivity contribution in [3.05, 3.63) is 18.7 Å². The molecular weight excluding hydrogens is 230 g/mol. The molecule has 1 aromatic rings. The van der Waals surface area contributed by atoms with Gasteiger partial charge in [-0.15, -0.1) is 0 Å². The zero-order valence-corrected chi connectivity index (χ0v) is 9.57. The molecule has 0 aliphatic rings. The molecule has 3 nitrogen and oxygen atoms in total. The zero-order chi connectivity index (χ0) is 9.52. The van der Waals surface area contributed by atoms with Crippen molar-refractivity contribution in [2.24, 2.45) is 0 Å². The van der Waals surface area contributed by atoms with Gasteiger partial charge in [-0.05, 0) is 20.0 Å². The zero-order valence-electron chi connectivity index (χ0n) is 7.99. The molecule has 0 aliphatic carbocycles. The number of aromatic nitrogens is 2. The van der Waals surface area contributed by atoms with Crippen LogP contribution in [0.15, 0.2) is 18.7 Å². The standard InChI is InChI=1S/C9H16BrN3/c1-12(7-3-10)5-2-6-13-8-4-11-9-13/h4,8-9H,2-3,5-7H2,1H3. The smallest absolute Gasteiger partial charge is 0.0945 e. The minimum Gasteiger partial charge on any atom is -0.337 e. The molecule has 0 radical (unpaired) electrons. The van der Waals surface area contributed by atoms with Crippen molar-refractivity contribution in [3.63, 3.8) is 0 Å². The maximum atomic E-state index is 4.00. The van der Waals surface area contributed by atoms with Gasteiger partial charge in [-0.3, -0.25) is 0 Å². The minimum atomic E-state index is 1.05. The first-order valence-electron chi connectivity index (χ1n) is 4.53. The first-order chi connectivity index (χ1) is 6.33. The van der Waals surface area contributed by atoms with Crippen molar-refractivity contribution >= 4 is 15.9 Å². The fourth-order valence-electron chi connectivity index (χ4n) is 1.20. The molecule has 1 heterocycles. The van der Waals surface area contributed by atoms with Gasteiger partial charge in [0.25, 0.3) is 0 Å². The van der Waals surface area contributed by atoms with E-state index in [0.29, 0.717) is 0 Å². The summed E-state index contributed by atoms with van der Waals surface area (Å²) < 4.78 is 2.11. The molecule has 74 valence electrons. The molecule has 0 amide bonds. The summed E-state index contributed by atoms with van der Waals surface area (Å²) in [5.74, 6) is 0. The molecule has 0 aromatic carbocycles. The molecule has 0 saturated carbocycles. The molecule has 0 N–H and O–H groups in total. The molecule has 1 aromatic heterocycles. The van der Waals surface area contributed by atoms with Crippen LogP contribution in [0.4, 0.5) is 0 Å². The highest BCUT2D eigenvalue weighted by atomic mass is 79.9. The lowest BCUT2D eigenvalue weighted by molar-refractivity contribution is 0.341. The summed E-state index contributed by atoms with van der Waals surface area (Å²) in [4.78, 5) is 6.32. The van der Waals surface area contributed by atoms with E-state index < -0.39 is 0 Å². The van der Waals surface area contributed by atoms with Gasteiger partial charge in [-0.1, -0.05) is 15.9 Å². The topological polar surface area (TPSA) is 21.1 Å². The lowest BCUT2D eigenvalue weighted by Gasteiger charge is -2.14. The monoisotopic (exact) mass is 245 g/mol. The van der Waals surface area contributed by atoms with Gasteiger partial charge in [0.1, 0.15) is 0 Å². The molecule has 13 heavy (non-hydrogen) atoms. The number of alkyl halides is 1. The molecule has 0 aliphatic heterocycles. The van der Waals surface area contributed by atoms with E-state index in [-0.39, 0.29) is 0 Å². The van der Waals surface area contributed by atoms with Crippen molar-refractivity contribution < 1.29 is 0 Å². The van der Waals surface area contributed by atoms with Crippen LogP contribution in [0.2, 0.25) is 0 Å². The summed E-state index contributed by atoms with van der Waals surface area (Å²) >= 11 is 3.42. The van der Waals surface area contributed by atoms with E-state index in [1.807, 2.05) is 18.7 Å². The molecular formula is C9H16BrN3. The lowest BCUT2D eigenvalue weighted by atomic mass is 10.4. The van der Waals surface area contributed by atoms with Crippen LogP contribution in [0.25, 0.3) is 0 Å². The molecule has 1 rings (SSSR count). The minimum absolute atomic E-state index is 1.05. The molecule has 0 spiro atoms. The van der Waals surface area contributed by atoms with E-state index >= 15 is 0 Å². The van der Waals surface area contributed by atoms with Crippen molar-refractivity contribution in [3.8, 4) is 0 Å². The second-order valence-corrected chi connectivity index (χ2v) is 3.94. The van der Waals surface area contributed by atoms with Gasteiger partial charge < -0.3 is 9.47 Å². The molecule has 0 unspecified atom stereocenters. The van der Waals surface area contributed by atoms with Gasteiger partial charge in [0.05, 0.1) is 6.33 Å². The van der Waals surface area contributed by atoms with Gasteiger partial charge in [-0.2, -0.15) is 0 Å². The number of imidazole rings is 1. The number of rotatable bonds is 6. The van der Waals surface area contributed by atoms with Crippen LogP contribution in [0.1, 0.15) is 6.42 Å². The number of hydrogen-bond donors (Lipinski definition) is 0. The van der Waals surface area contributed by atoms with Gasteiger partial charge in [0, 0.05) is 30.8 Å². The fraction of sp³-hybridized carbons (Fsp3) is 0.667. The van der Waals surface area contributed by atoms with Crippen LogP contribution < -0.4 is 0 Å². The Balaban J connectivity index is 2.07. The largest absolute Gasteiger partial charge is 0.337 e. The maximum absolute atomic E-state index is 4.00. The third kappa shape index (κ3) is 4.43. The molecule has 0 fully saturated rings. The Hall–Kier alpha value is -0.350. The average Bonchev–Trinajstić information content (AvgIpc) is 2.57. The van der Waals surface area contributed by atoms with E-state index in [1.165, 1.54) is 6.42 Å². The SMILES string of the molecule is CN(CCBr)CCCn1ccnc1. The van der Waals surface area contributed by atoms with E-state index in [1.54, 1.807) is 0 Å². The molecule has 0 saturated heterocycles. The van der Waals surface area contributed by atoms with Gasteiger partial charge >= 0.3 is 0 Å². The number of hydrogen-bond acceptors (Lipinski definition) is 2. The van der Waals surface area contributed by atoms with Gasteiger partial charge in [-0.25, -0.2) is 4.98 Å². The molecule has 0 bridgehead atoms. The van der Waals surface area contributed by atoms with E-state index in [0.717, 1.165) is 25.0 Å². The van der Waals surface area contributed by atoms with Crippen LogP contribution in [0.5, 0.6) is 0 Å². The Labute approximate surface area is 87.9 Å². The third-order valence-electron chi connectivity index (χ3n) is 1.98. The van der Waals surface area contributed by atoms with Crippen molar-refractivity contribution in [1.29, 1.82) is 0 Å². The van der Waals surface area contributed by atoms with Crippen LogP contribution in [-0.2, 0) is 6.54 Å². The summed E-state index contributed by atoms with van der Waals surface area (Å²) in [5.41, 5.74) is 0. The van der Waals surface area contributed by atoms with Gasteiger partial charge in [0.15, 0.2) is 0 Å². The van der Waals surface area contributed by atoms with Crippen molar-refractivity contribution in [1.82, 2.24) is 14.5 Å². The van der Waals surface area contributed by atoms with Crippen LogP contribution in [0.3, 0.4) is 0 Å². The third-order valence-corrected chi connectivity index (χ3v) is 2.34. The molecule has 4 heteroatoms. The second kappa shape index (κ2) is 6.16. The Morgan fingerprint density at radius 3 is 2.92 bits per heavy atom.